The van der Waals surface area contributed by atoms with Gasteiger partial charge in [-0.1, -0.05) is 18.2 Å². The van der Waals surface area contributed by atoms with Crippen LogP contribution in [0.5, 0.6) is 0 Å². The number of aromatic nitrogens is 4. The summed E-state index contributed by atoms with van der Waals surface area (Å²) in [5.41, 5.74) is 2.43. The summed E-state index contributed by atoms with van der Waals surface area (Å²) in [6, 6.07) is 9.58. The molecular formula is C11H7ClN4. The van der Waals surface area contributed by atoms with Crippen LogP contribution in [0.3, 0.4) is 0 Å². The summed E-state index contributed by atoms with van der Waals surface area (Å²) in [7, 11) is 0. The molecule has 0 aliphatic rings. The van der Waals surface area contributed by atoms with Crippen molar-refractivity contribution >= 4 is 22.5 Å². The number of benzene rings is 1. The molecule has 0 bridgehead atoms. The SMILES string of the molecule is Clc1nc(-c2ccn[nH]2)c2ccccc2n1. The number of H-pyrrole nitrogens is 1. The van der Waals surface area contributed by atoms with Gasteiger partial charge in [0.05, 0.1) is 11.2 Å². The molecule has 3 rings (SSSR count). The van der Waals surface area contributed by atoms with Gasteiger partial charge in [-0.15, -0.1) is 0 Å². The maximum absolute atomic E-state index is 5.88. The summed E-state index contributed by atoms with van der Waals surface area (Å²) in [4.78, 5) is 8.39. The highest BCUT2D eigenvalue weighted by Gasteiger charge is 2.08. The van der Waals surface area contributed by atoms with Crippen molar-refractivity contribution in [2.75, 3.05) is 0 Å². The summed E-state index contributed by atoms with van der Waals surface area (Å²) in [6.45, 7) is 0. The molecule has 0 unspecified atom stereocenters. The van der Waals surface area contributed by atoms with Crippen LogP contribution >= 0.6 is 11.6 Å². The third-order valence-corrected chi connectivity index (χ3v) is 2.50. The second-order valence-electron chi connectivity index (χ2n) is 3.33. The van der Waals surface area contributed by atoms with Crippen LogP contribution in [0, 0.1) is 0 Å². The second-order valence-corrected chi connectivity index (χ2v) is 3.67. The number of hydrogen-bond acceptors (Lipinski definition) is 3. The Hall–Kier alpha value is -1.94. The zero-order valence-electron chi connectivity index (χ0n) is 8.18. The van der Waals surface area contributed by atoms with Crippen molar-refractivity contribution in [2.24, 2.45) is 0 Å². The van der Waals surface area contributed by atoms with Crippen molar-refractivity contribution in [1.29, 1.82) is 0 Å². The molecule has 78 valence electrons. The number of halogens is 1. The maximum Gasteiger partial charge on any atom is 0.223 e. The summed E-state index contributed by atoms with van der Waals surface area (Å²) < 4.78 is 0. The molecule has 1 N–H and O–H groups in total. The van der Waals surface area contributed by atoms with Crippen molar-refractivity contribution in [2.45, 2.75) is 0 Å². The fourth-order valence-corrected chi connectivity index (χ4v) is 1.82. The molecule has 2 heterocycles. The van der Waals surface area contributed by atoms with Gasteiger partial charge in [-0.3, -0.25) is 5.10 Å². The largest absolute Gasteiger partial charge is 0.276 e. The Morgan fingerprint density at radius 2 is 1.94 bits per heavy atom. The van der Waals surface area contributed by atoms with E-state index in [9.17, 15) is 0 Å². The Labute approximate surface area is 96.3 Å². The fraction of sp³-hybridized carbons (Fsp3) is 0. The van der Waals surface area contributed by atoms with E-state index in [1.54, 1.807) is 6.20 Å². The molecule has 0 aliphatic heterocycles. The number of nitrogens with zero attached hydrogens (tertiary/aromatic N) is 3. The molecule has 0 radical (unpaired) electrons. The number of rotatable bonds is 1. The number of fused-ring (bicyclic) bond motifs is 1. The zero-order chi connectivity index (χ0) is 11.0. The highest BCUT2D eigenvalue weighted by Crippen LogP contribution is 2.25. The van der Waals surface area contributed by atoms with Gasteiger partial charge < -0.3 is 0 Å². The van der Waals surface area contributed by atoms with E-state index in [1.807, 2.05) is 30.3 Å². The van der Waals surface area contributed by atoms with E-state index in [0.717, 1.165) is 22.3 Å². The van der Waals surface area contributed by atoms with Crippen LogP contribution in [-0.2, 0) is 0 Å². The molecule has 0 fully saturated rings. The van der Waals surface area contributed by atoms with Crippen LogP contribution in [0.15, 0.2) is 36.5 Å². The molecule has 16 heavy (non-hydrogen) atoms. The molecule has 0 spiro atoms. The summed E-state index contributed by atoms with van der Waals surface area (Å²) in [5.74, 6) is 0. The minimum atomic E-state index is 0.239. The van der Waals surface area contributed by atoms with Gasteiger partial charge >= 0.3 is 0 Å². The highest BCUT2D eigenvalue weighted by atomic mass is 35.5. The van der Waals surface area contributed by atoms with Gasteiger partial charge in [0.2, 0.25) is 5.28 Å². The van der Waals surface area contributed by atoms with Gasteiger partial charge in [0, 0.05) is 11.6 Å². The third kappa shape index (κ3) is 1.44. The van der Waals surface area contributed by atoms with Crippen LogP contribution in [0.25, 0.3) is 22.3 Å². The Morgan fingerprint density at radius 1 is 1.06 bits per heavy atom. The van der Waals surface area contributed by atoms with Gasteiger partial charge in [-0.25, -0.2) is 9.97 Å². The molecule has 0 atom stereocenters. The lowest BCUT2D eigenvalue weighted by Gasteiger charge is -2.03. The average Bonchev–Trinajstić information content (AvgIpc) is 2.81. The first-order chi connectivity index (χ1) is 7.84. The minimum Gasteiger partial charge on any atom is -0.276 e. The molecule has 0 saturated carbocycles. The van der Waals surface area contributed by atoms with Gasteiger partial charge in [0.25, 0.3) is 0 Å². The fourth-order valence-electron chi connectivity index (χ4n) is 1.64. The Balaban J connectivity index is 2.39. The quantitative estimate of drug-likeness (QED) is 0.654. The zero-order valence-corrected chi connectivity index (χ0v) is 8.94. The number of nitrogens with one attached hydrogen (secondary N) is 1. The number of aromatic amines is 1. The molecular weight excluding hydrogens is 224 g/mol. The van der Waals surface area contributed by atoms with Gasteiger partial charge in [-0.05, 0) is 23.7 Å². The molecule has 5 heteroatoms. The monoisotopic (exact) mass is 230 g/mol. The predicted molar refractivity (Wildman–Crippen MR) is 62.1 cm³/mol. The third-order valence-electron chi connectivity index (χ3n) is 2.33. The predicted octanol–water partition coefficient (Wildman–Crippen LogP) is 2.67. The van der Waals surface area contributed by atoms with Crippen LogP contribution in [-0.4, -0.2) is 20.2 Å². The normalized spacial score (nSPS) is 10.8. The summed E-state index contributed by atoms with van der Waals surface area (Å²) in [5, 5.41) is 7.97. The second kappa shape index (κ2) is 3.57. The molecule has 1 aromatic carbocycles. The van der Waals surface area contributed by atoms with E-state index >= 15 is 0 Å². The van der Waals surface area contributed by atoms with Crippen molar-refractivity contribution < 1.29 is 0 Å². The van der Waals surface area contributed by atoms with Crippen molar-refractivity contribution in [3.05, 3.63) is 41.8 Å². The van der Waals surface area contributed by atoms with Crippen LogP contribution in [0.1, 0.15) is 0 Å². The van der Waals surface area contributed by atoms with Crippen molar-refractivity contribution in [1.82, 2.24) is 20.2 Å². The van der Waals surface area contributed by atoms with E-state index in [1.165, 1.54) is 0 Å². The van der Waals surface area contributed by atoms with Gasteiger partial charge in [0.15, 0.2) is 0 Å². The number of para-hydroxylation sites is 1. The molecule has 4 nitrogen and oxygen atoms in total. The number of hydrogen-bond donors (Lipinski definition) is 1. The van der Waals surface area contributed by atoms with Crippen molar-refractivity contribution in [3.63, 3.8) is 0 Å². The van der Waals surface area contributed by atoms with Gasteiger partial charge in [-0.2, -0.15) is 5.10 Å². The molecule has 0 amide bonds. The first kappa shape index (κ1) is 9.30. The highest BCUT2D eigenvalue weighted by molar-refractivity contribution is 6.28. The van der Waals surface area contributed by atoms with Crippen LogP contribution in [0.2, 0.25) is 5.28 Å². The average molecular weight is 231 g/mol. The van der Waals surface area contributed by atoms with Gasteiger partial charge in [0.1, 0.15) is 5.69 Å². The molecule has 3 aromatic rings. The summed E-state index contributed by atoms with van der Waals surface area (Å²) in [6.07, 6.45) is 1.68. The van der Waals surface area contributed by atoms with Crippen molar-refractivity contribution in [3.8, 4) is 11.4 Å². The lowest BCUT2D eigenvalue weighted by molar-refractivity contribution is 1.08. The smallest absolute Gasteiger partial charge is 0.223 e. The topological polar surface area (TPSA) is 54.5 Å². The Kier molecular flexibility index (Phi) is 2.08. The van der Waals surface area contributed by atoms with E-state index in [-0.39, 0.29) is 5.28 Å². The minimum absolute atomic E-state index is 0.239. The lowest BCUT2D eigenvalue weighted by atomic mass is 10.1. The Bertz CT molecular complexity index is 634. The summed E-state index contributed by atoms with van der Waals surface area (Å²) >= 11 is 5.88. The first-order valence-corrected chi connectivity index (χ1v) is 5.14. The molecule has 0 saturated heterocycles. The van der Waals surface area contributed by atoms with E-state index in [0.29, 0.717) is 0 Å². The maximum atomic E-state index is 5.88. The molecule has 2 aromatic heterocycles. The van der Waals surface area contributed by atoms with E-state index in [2.05, 4.69) is 20.2 Å². The van der Waals surface area contributed by atoms with Crippen LogP contribution in [0.4, 0.5) is 0 Å². The Morgan fingerprint density at radius 3 is 2.75 bits per heavy atom. The van der Waals surface area contributed by atoms with Crippen LogP contribution < -0.4 is 0 Å². The first-order valence-electron chi connectivity index (χ1n) is 4.76. The lowest BCUT2D eigenvalue weighted by Crippen LogP contribution is -1.91. The van der Waals surface area contributed by atoms with E-state index < -0.39 is 0 Å². The standard InChI is InChI=1S/C11H7ClN4/c12-11-14-8-4-2-1-3-7(8)10(15-11)9-5-6-13-16-9/h1-6H,(H,13,16). The molecule has 0 aliphatic carbocycles. The van der Waals surface area contributed by atoms with E-state index in [4.69, 9.17) is 11.6 Å².